The molecule has 1 heterocycles. The monoisotopic (exact) mass is 370 g/mol. The van der Waals surface area contributed by atoms with Gasteiger partial charge >= 0.3 is 0 Å². The van der Waals surface area contributed by atoms with Crippen LogP contribution in [0.2, 0.25) is 0 Å². The van der Waals surface area contributed by atoms with E-state index in [1.807, 2.05) is 36.4 Å². The fourth-order valence-electron chi connectivity index (χ4n) is 2.83. The Bertz CT molecular complexity index is 923. The molecule has 1 fully saturated rings. The molecular formula is C19H18N2O4S. The van der Waals surface area contributed by atoms with Crippen molar-refractivity contribution in [3.63, 3.8) is 0 Å². The van der Waals surface area contributed by atoms with Crippen molar-refractivity contribution in [2.75, 3.05) is 27.4 Å². The summed E-state index contributed by atoms with van der Waals surface area (Å²) in [4.78, 5) is 26.5. The van der Waals surface area contributed by atoms with Gasteiger partial charge < -0.3 is 9.47 Å². The molecule has 1 saturated heterocycles. The first-order valence-corrected chi connectivity index (χ1v) is 8.41. The number of hydrogen-bond acceptors (Lipinski definition) is 5. The van der Waals surface area contributed by atoms with E-state index in [0.717, 1.165) is 10.8 Å². The van der Waals surface area contributed by atoms with E-state index >= 15 is 0 Å². The summed E-state index contributed by atoms with van der Waals surface area (Å²) in [6, 6.07) is 11.4. The van der Waals surface area contributed by atoms with Crippen LogP contribution in [-0.4, -0.2) is 49.2 Å². The first kappa shape index (κ1) is 18.0. The van der Waals surface area contributed by atoms with Crippen LogP contribution in [0.3, 0.4) is 0 Å². The second-order valence-corrected chi connectivity index (χ2v) is 6.06. The van der Waals surface area contributed by atoms with E-state index < -0.39 is 11.8 Å². The second kappa shape index (κ2) is 7.63. The first-order valence-electron chi connectivity index (χ1n) is 8.00. The normalized spacial score (nSPS) is 16.3. The first-order chi connectivity index (χ1) is 12.6. The van der Waals surface area contributed by atoms with Crippen molar-refractivity contribution in [3.05, 3.63) is 47.5 Å². The minimum absolute atomic E-state index is 0.00403. The Morgan fingerprint density at radius 2 is 1.92 bits per heavy atom. The number of methoxy groups -OCH3 is 2. The Balaban J connectivity index is 2.11. The van der Waals surface area contributed by atoms with Gasteiger partial charge in [0.25, 0.3) is 11.8 Å². The number of nitrogens with zero attached hydrogens (tertiary/aromatic N) is 1. The van der Waals surface area contributed by atoms with Crippen molar-refractivity contribution in [3.8, 4) is 5.75 Å². The zero-order valence-corrected chi connectivity index (χ0v) is 15.3. The van der Waals surface area contributed by atoms with Gasteiger partial charge in [-0.15, -0.1) is 0 Å². The number of thiocarbonyl (C=S) groups is 1. The summed E-state index contributed by atoms with van der Waals surface area (Å²) in [7, 11) is 3.09. The highest BCUT2D eigenvalue weighted by atomic mass is 32.1. The fraction of sp³-hybridized carbons (Fsp3) is 0.211. The average molecular weight is 370 g/mol. The highest BCUT2D eigenvalue weighted by molar-refractivity contribution is 7.80. The molecule has 134 valence electrons. The lowest BCUT2D eigenvalue weighted by Crippen LogP contribution is -2.54. The largest absolute Gasteiger partial charge is 0.496 e. The summed E-state index contributed by atoms with van der Waals surface area (Å²) in [5.74, 6) is -0.400. The zero-order valence-electron chi connectivity index (χ0n) is 14.4. The van der Waals surface area contributed by atoms with Crippen molar-refractivity contribution in [1.82, 2.24) is 10.2 Å². The van der Waals surface area contributed by atoms with Gasteiger partial charge in [0.1, 0.15) is 11.3 Å². The molecule has 0 bridgehead atoms. The van der Waals surface area contributed by atoms with Crippen molar-refractivity contribution in [2.24, 2.45) is 0 Å². The van der Waals surface area contributed by atoms with E-state index in [1.165, 1.54) is 12.0 Å². The molecule has 7 heteroatoms. The Hall–Kier alpha value is -2.77. The number of benzene rings is 2. The van der Waals surface area contributed by atoms with E-state index in [2.05, 4.69) is 5.32 Å². The summed E-state index contributed by atoms with van der Waals surface area (Å²) in [6.45, 7) is 0.574. The molecule has 0 saturated carbocycles. The van der Waals surface area contributed by atoms with Gasteiger partial charge in [-0.1, -0.05) is 30.3 Å². The van der Waals surface area contributed by atoms with Crippen LogP contribution >= 0.6 is 12.2 Å². The van der Waals surface area contributed by atoms with Crippen molar-refractivity contribution in [2.45, 2.75) is 0 Å². The lowest BCUT2D eigenvalue weighted by molar-refractivity contribution is -0.129. The zero-order chi connectivity index (χ0) is 18.7. The lowest BCUT2D eigenvalue weighted by Gasteiger charge is -2.28. The SMILES string of the molecule is COCCN1C(=O)/C(=C/c2c(OC)ccc3ccccc23)C(=O)NC1=S. The molecule has 2 aromatic carbocycles. The summed E-state index contributed by atoms with van der Waals surface area (Å²) in [5.41, 5.74) is 0.674. The van der Waals surface area contributed by atoms with Gasteiger partial charge in [-0.05, 0) is 35.1 Å². The Kier molecular flexibility index (Phi) is 5.29. The topological polar surface area (TPSA) is 67.9 Å². The number of amides is 2. The van der Waals surface area contributed by atoms with E-state index in [1.54, 1.807) is 13.2 Å². The second-order valence-electron chi connectivity index (χ2n) is 5.67. The smallest absolute Gasteiger partial charge is 0.265 e. The number of rotatable bonds is 5. The molecular weight excluding hydrogens is 352 g/mol. The minimum atomic E-state index is -0.524. The quantitative estimate of drug-likeness (QED) is 0.496. The molecule has 2 amide bonds. The van der Waals surface area contributed by atoms with Crippen molar-refractivity contribution in [1.29, 1.82) is 0 Å². The van der Waals surface area contributed by atoms with Crippen LogP contribution in [-0.2, 0) is 14.3 Å². The average Bonchev–Trinajstić information content (AvgIpc) is 2.64. The van der Waals surface area contributed by atoms with E-state index in [9.17, 15) is 9.59 Å². The van der Waals surface area contributed by atoms with Gasteiger partial charge in [-0.3, -0.25) is 19.8 Å². The molecule has 2 aromatic rings. The number of fused-ring (bicyclic) bond motifs is 1. The van der Waals surface area contributed by atoms with Crippen LogP contribution in [0.4, 0.5) is 0 Å². The van der Waals surface area contributed by atoms with Gasteiger partial charge in [0.15, 0.2) is 5.11 Å². The number of hydrogen-bond donors (Lipinski definition) is 1. The summed E-state index contributed by atoms with van der Waals surface area (Å²) in [6.07, 6.45) is 1.56. The fourth-order valence-corrected chi connectivity index (χ4v) is 3.09. The molecule has 3 rings (SSSR count). The Morgan fingerprint density at radius 3 is 2.65 bits per heavy atom. The number of ether oxygens (including phenoxy) is 2. The summed E-state index contributed by atoms with van der Waals surface area (Å²) in [5, 5.41) is 4.51. The third-order valence-electron chi connectivity index (χ3n) is 4.14. The highest BCUT2D eigenvalue weighted by Gasteiger charge is 2.33. The van der Waals surface area contributed by atoms with Crippen molar-refractivity contribution >= 4 is 46.0 Å². The molecule has 0 atom stereocenters. The lowest BCUT2D eigenvalue weighted by atomic mass is 10.00. The van der Waals surface area contributed by atoms with Crippen LogP contribution in [0.25, 0.3) is 16.8 Å². The van der Waals surface area contributed by atoms with E-state index in [4.69, 9.17) is 21.7 Å². The maximum atomic E-state index is 12.8. The predicted molar refractivity (Wildman–Crippen MR) is 103 cm³/mol. The van der Waals surface area contributed by atoms with E-state index in [-0.39, 0.29) is 17.2 Å². The molecule has 6 nitrogen and oxygen atoms in total. The summed E-state index contributed by atoms with van der Waals surface area (Å²) < 4.78 is 10.4. The van der Waals surface area contributed by atoms with Crippen LogP contribution < -0.4 is 10.1 Å². The Labute approximate surface area is 156 Å². The van der Waals surface area contributed by atoms with Crippen LogP contribution in [0.15, 0.2) is 42.0 Å². The van der Waals surface area contributed by atoms with Gasteiger partial charge in [-0.2, -0.15) is 0 Å². The van der Waals surface area contributed by atoms with Crippen LogP contribution in [0.1, 0.15) is 5.56 Å². The highest BCUT2D eigenvalue weighted by Crippen LogP contribution is 2.30. The molecule has 0 unspecified atom stereocenters. The maximum Gasteiger partial charge on any atom is 0.265 e. The minimum Gasteiger partial charge on any atom is -0.496 e. The van der Waals surface area contributed by atoms with Crippen LogP contribution in [0.5, 0.6) is 5.75 Å². The van der Waals surface area contributed by atoms with Gasteiger partial charge in [-0.25, -0.2) is 0 Å². The number of nitrogens with one attached hydrogen (secondary N) is 1. The third kappa shape index (κ3) is 3.31. The predicted octanol–water partition coefficient (Wildman–Crippen LogP) is 2.12. The molecule has 0 aromatic heterocycles. The number of carbonyl (C=O) groups excluding carboxylic acids is 2. The molecule has 0 radical (unpaired) electrons. The third-order valence-corrected chi connectivity index (χ3v) is 4.47. The maximum absolute atomic E-state index is 12.8. The molecule has 26 heavy (non-hydrogen) atoms. The van der Waals surface area contributed by atoms with Crippen LogP contribution in [0, 0.1) is 0 Å². The van der Waals surface area contributed by atoms with Gasteiger partial charge in [0.05, 0.1) is 20.3 Å². The standard InChI is InChI=1S/C19H18N2O4S/c1-24-10-9-21-18(23)15(17(22)20-19(21)26)11-14-13-6-4-3-5-12(13)7-8-16(14)25-2/h3-8,11H,9-10H2,1-2H3,(H,20,22,26)/b15-11+. The molecule has 1 aliphatic heterocycles. The molecule has 0 spiro atoms. The van der Waals surface area contributed by atoms with Crippen molar-refractivity contribution < 1.29 is 19.1 Å². The molecule has 1 aliphatic rings. The molecule has 0 aliphatic carbocycles. The van der Waals surface area contributed by atoms with Gasteiger partial charge in [0.2, 0.25) is 0 Å². The number of carbonyl (C=O) groups is 2. The van der Waals surface area contributed by atoms with Gasteiger partial charge in [0, 0.05) is 12.7 Å². The van der Waals surface area contributed by atoms with E-state index in [0.29, 0.717) is 17.9 Å². The molecule has 1 N–H and O–H groups in total. The Morgan fingerprint density at radius 1 is 1.15 bits per heavy atom. The summed E-state index contributed by atoms with van der Waals surface area (Å²) >= 11 is 5.10.